The maximum absolute atomic E-state index is 13.8. The number of aryl methyl sites for hydroxylation is 1. The molecule has 3 nitrogen and oxygen atoms in total. The van der Waals surface area contributed by atoms with E-state index in [1.165, 1.54) is 12.1 Å². The van der Waals surface area contributed by atoms with Crippen LogP contribution in [0.1, 0.15) is 21.5 Å². The highest BCUT2D eigenvalue weighted by molar-refractivity contribution is 6.04. The van der Waals surface area contributed by atoms with Crippen LogP contribution in [0.5, 0.6) is 0 Å². The molecular formula is C15H11FN2O. The Labute approximate surface area is 110 Å². The van der Waals surface area contributed by atoms with Gasteiger partial charge in [-0.05, 0) is 36.8 Å². The first-order valence-corrected chi connectivity index (χ1v) is 5.68. The molecule has 0 aromatic heterocycles. The Kier molecular flexibility index (Phi) is 3.58. The minimum absolute atomic E-state index is 0.0117. The SMILES string of the molecule is Cc1cccc(C(=O)Nc2cccc(C#N)c2)c1F. The lowest BCUT2D eigenvalue weighted by molar-refractivity contribution is 0.102. The van der Waals surface area contributed by atoms with Gasteiger partial charge in [-0.15, -0.1) is 0 Å². The number of carbonyl (C=O) groups excluding carboxylic acids is 1. The number of halogens is 1. The van der Waals surface area contributed by atoms with Gasteiger partial charge >= 0.3 is 0 Å². The number of nitriles is 1. The lowest BCUT2D eigenvalue weighted by atomic mass is 10.1. The Balaban J connectivity index is 2.26. The monoisotopic (exact) mass is 254 g/mol. The minimum Gasteiger partial charge on any atom is -0.322 e. The summed E-state index contributed by atoms with van der Waals surface area (Å²) in [6.07, 6.45) is 0. The zero-order chi connectivity index (χ0) is 13.8. The Morgan fingerprint density at radius 2 is 2.00 bits per heavy atom. The highest BCUT2D eigenvalue weighted by atomic mass is 19.1. The molecule has 2 aromatic carbocycles. The Bertz CT molecular complexity index is 674. The van der Waals surface area contributed by atoms with Crippen LogP contribution < -0.4 is 5.32 Å². The molecule has 1 N–H and O–H groups in total. The van der Waals surface area contributed by atoms with Crippen molar-refractivity contribution in [3.05, 3.63) is 65.0 Å². The summed E-state index contributed by atoms with van der Waals surface area (Å²) in [5, 5.41) is 11.3. The van der Waals surface area contributed by atoms with Crippen molar-refractivity contribution in [2.75, 3.05) is 5.32 Å². The molecule has 0 radical (unpaired) electrons. The molecule has 0 heterocycles. The summed E-state index contributed by atoms with van der Waals surface area (Å²) >= 11 is 0. The number of nitrogens with zero attached hydrogens (tertiary/aromatic N) is 1. The third kappa shape index (κ3) is 2.78. The predicted octanol–water partition coefficient (Wildman–Crippen LogP) is 3.26. The van der Waals surface area contributed by atoms with Gasteiger partial charge in [-0.2, -0.15) is 5.26 Å². The molecule has 0 saturated carbocycles. The van der Waals surface area contributed by atoms with E-state index in [9.17, 15) is 9.18 Å². The van der Waals surface area contributed by atoms with Crippen molar-refractivity contribution in [3.8, 4) is 6.07 Å². The van der Waals surface area contributed by atoms with Gasteiger partial charge in [0.15, 0.2) is 0 Å². The molecule has 0 unspecified atom stereocenters. The van der Waals surface area contributed by atoms with Crippen LogP contribution in [0, 0.1) is 24.1 Å². The summed E-state index contributed by atoms with van der Waals surface area (Å²) in [5.41, 5.74) is 1.30. The second-order valence-electron chi connectivity index (χ2n) is 4.08. The van der Waals surface area contributed by atoms with Crippen molar-refractivity contribution in [1.29, 1.82) is 5.26 Å². The fraction of sp³-hybridized carbons (Fsp3) is 0.0667. The van der Waals surface area contributed by atoms with Crippen LogP contribution in [0.4, 0.5) is 10.1 Å². The second-order valence-corrected chi connectivity index (χ2v) is 4.08. The maximum Gasteiger partial charge on any atom is 0.258 e. The van der Waals surface area contributed by atoms with Crippen LogP contribution in [0.15, 0.2) is 42.5 Å². The summed E-state index contributed by atoms with van der Waals surface area (Å²) in [6.45, 7) is 1.60. The fourth-order valence-electron chi connectivity index (χ4n) is 1.69. The van der Waals surface area contributed by atoms with Gasteiger partial charge in [-0.3, -0.25) is 4.79 Å². The van der Waals surface area contributed by atoms with E-state index in [1.54, 1.807) is 37.3 Å². The molecule has 0 spiro atoms. The van der Waals surface area contributed by atoms with Crippen LogP contribution >= 0.6 is 0 Å². The normalized spacial score (nSPS) is 9.74. The largest absolute Gasteiger partial charge is 0.322 e. The molecule has 19 heavy (non-hydrogen) atoms. The molecule has 0 atom stereocenters. The first kappa shape index (κ1) is 12.8. The van der Waals surface area contributed by atoms with Gasteiger partial charge in [0.1, 0.15) is 5.82 Å². The van der Waals surface area contributed by atoms with Crippen LogP contribution in [0.3, 0.4) is 0 Å². The molecule has 0 saturated heterocycles. The van der Waals surface area contributed by atoms with E-state index < -0.39 is 11.7 Å². The third-order valence-electron chi connectivity index (χ3n) is 2.69. The highest BCUT2D eigenvalue weighted by Gasteiger charge is 2.13. The number of hydrogen-bond acceptors (Lipinski definition) is 2. The van der Waals surface area contributed by atoms with Crippen molar-refractivity contribution in [2.24, 2.45) is 0 Å². The minimum atomic E-state index is -0.531. The molecule has 4 heteroatoms. The summed E-state index contributed by atoms with van der Waals surface area (Å²) < 4.78 is 13.8. The topological polar surface area (TPSA) is 52.9 Å². The number of rotatable bonds is 2. The second kappa shape index (κ2) is 5.32. The average Bonchev–Trinajstić information content (AvgIpc) is 2.42. The number of carbonyl (C=O) groups is 1. The highest BCUT2D eigenvalue weighted by Crippen LogP contribution is 2.15. The van der Waals surface area contributed by atoms with Crippen LogP contribution in [-0.2, 0) is 0 Å². The van der Waals surface area contributed by atoms with Gasteiger partial charge in [0.2, 0.25) is 0 Å². The molecule has 0 aliphatic carbocycles. The zero-order valence-electron chi connectivity index (χ0n) is 10.3. The van der Waals surface area contributed by atoms with Crippen molar-refractivity contribution in [2.45, 2.75) is 6.92 Å². The molecule has 94 valence electrons. The standard InChI is InChI=1S/C15H11FN2O/c1-10-4-2-7-13(14(10)16)15(19)18-12-6-3-5-11(8-12)9-17/h2-8H,1H3,(H,18,19). The molecule has 0 aliphatic heterocycles. The molecule has 0 bridgehead atoms. The third-order valence-corrected chi connectivity index (χ3v) is 2.69. The van der Waals surface area contributed by atoms with Crippen molar-refractivity contribution >= 4 is 11.6 Å². The summed E-state index contributed by atoms with van der Waals surface area (Å²) in [7, 11) is 0. The summed E-state index contributed by atoms with van der Waals surface area (Å²) in [5.74, 6) is -1.06. The summed E-state index contributed by atoms with van der Waals surface area (Å²) in [4.78, 5) is 12.0. The van der Waals surface area contributed by atoms with Gasteiger partial charge < -0.3 is 5.32 Å². The van der Waals surface area contributed by atoms with E-state index >= 15 is 0 Å². The molecule has 0 aliphatic rings. The first-order chi connectivity index (χ1) is 9.11. The first-order valence-electron chi connectivity index (χ1n) is 5.68. The smallest absolute Gasteiger partial charge is 0.258 e. The number of benzene rings is 2. The number of anilines is 1. The zero-order valence-corrected chi connectivity index (χ0v) is 10.3. The molecule has 0 fully saturated rings. The Morgan fingerprint density at radius 3 is 2.74 bits per heavy atom. The van der Waals surface area contributed by atoms with Crippen molar-refractivity contribution in [3.63, 3.8) is 0 Å². The van der Waals surface area contributed by atoms with E-state index in [0.29, 0.717) is 16.8 Å². The Hall–Kier alpha value is -2.67. The van der Waals surface area contributed by atoms with E-state index in [-0.39, 0.29) is 5.56 Å². The fourth-order valence-corrected chi connectivity index (χ4v) is 1.69. The van der Waals surface area contributed by atoms with Crippen molar-refractivity contribution in [1.82, 2.24) is 0 Å². The van der Waals surface area contributed by atoms with E-state index in [4.69, 9.17) is 5.26 Å². The molecule has 2 aromatic rings. The number of nitrogens with one attached hydrogen (secondary N) is 1. The van der Waals surface area contributed by atoms with E-state index in [1.807, 2.05) is 6.07 Å². The van der Waals surface area contributed by atoms with Crippen molar-refractivity contribution < 1.29 is 9.18 Å². The number of hydrogen-bond donors (Lipinski definition) is 1. The van der Waals surface area contributed by atoms with Gasteiger partial charge in [0.05, 0.1) is 17.2 Å². The quantitative estimate of drug-likeness (QED) is 0.894. The molecular weight excluding hydrogens is 243 g/mol. The average molecular weight is 254 g/mol. The number of amides is 1. The Morgan fingerprint density at radius 1 is 1.26 bits per heavy atom. The van der Waals surface area contributed by atoms with Gasteiger partial charge in [0, 0.05) is 5.69 Å². The predicted molar refractivity (Wildman–Crippen MR) is 70.2 cm³/mol. The van der Waals surface area contributed by atoms with Gasteiger partial charge in [-0.1, -0.05) is 18.2 Å². The molecule has 2 rings (SSSR count). The van der Waals surface area contributed by atoms with Crippen LogP contribution in [0.2, 0.25) is 0 Å². The van der Waals surface area contributed by atoms with Gasteiger partial charge in [-0.25, -0.2) is 4.39 Å². The van der Waals surface area contributed by atoms with E-state index in [0.717, 1.165) is 0 Å². The van der Waals surface area contributed by atoms with Crippen LogP contribution in [0.25, 0.3) is 0 Å². The van der Waals surface area contributed by atoms with E-state index in [2.05, 4.69) is 5.32 Å². The van der Waals surface area contributed by atoms with Gasteiger partial charge in [0.25, 0.3) is 5.91 Å². The van der Waals surface area contributed by atoms with Crippen LogP contribution in [-0.4, -0.2) is 5.91 Å². The lowest BCUT2D eigenvalue weighted by Crippen LogP contribution is -2.14. The lowest BCUT2D eigenvalue weighted by Gasteiger charge is -2.07. The maximum atomic E-state index is 13.8. The molecule has 1 amide bonds. The summed E-state index contributed by atoms with van der Waals surface area (Å²) in [6, 6.07) is 13.1.